The summed E-state index contributed by atoms with van der Waals surface area (Å²) in [6, 6.07) is 0. The topological polar surface area (TPSA) is 0 Å². The van der Waals surface area contributed by atoms with Crippen molar-refractivity contribution in [3.63, 3.8) is 0 Å². The number of hydrogen-bond acceptors (Lipinski definition) is 0. The van der Waals surface area contributed by atoms with Crippen molar-refractivity contribution in [2.75, 3.05) is 0 Å². The molecule has 0 spiro atoms. The van der Waals surface area contributed by atoms with Crippen molar-refractivity contribution in [1.29, 1.82) is 0 Å². The number of hydrogen-bond donors (Lipinski definition) is 0. The van der Waals surface area contributed by atoms with Gasteiger partial charge < -0.3 is 0 Å². The van der Waals surface area contributed by atoms with Crippen molar-refractivity contribution in [3.05, 3.63) is 0 Å². The molecule has 0 bridgehead atoms. The Balaban J connectivity index is 1.26. The Kier molecular flexibility index (Phi) is 6.92. The van der Waals surface area contributed by atoms with Crippen LogP contribution in [0.5, 0.6) is 0 Å². The summed E-state index contributed by atoms with van der Waals surface area (Å²) in [5.74, 6) is 6.50. The number of rotatable bonds is 4. The molecule has 4 saturated carbocycles. The Bertz CT molecular complexity index is 417. The molecule has 0 radical (unpaired) electrons. The molecule has 27 heavy (non-hydrogen) atoms. The van der Waals surface area contributed by atoms with E-state index >= 15 is 0 Å². The average Bonchev–Trinajstić information content (AvgIpc) is 3.03. The Morgan fingerprint density at radius 3 is 1.37 bits per heavy atom. The summed E-state index contributed by atoms with van der Waals surface area (Å²) in [5, 5.41) is 0. The van der Waals surface area contributed by atoms with Crippen molar-refractivity contribution >= 4 is 0 Å². The molecule has 0 heteroatoms. The quantitative estimate of drug-likeness (QED) is 0.462. The van der Waals surface area contributed by atoms with Crippen LogP contribution >= 0.6 is 0 Å². The van der Waals surface area contributed by atoms with Crippen molar-refractivity contribution in [3.8, 4) is 0 Å². The summed E-state index contributed by atoms with van der Waals surface area (Å²) in [5.41, 5.74) is 0.590. The fourth-order valence-corrected chi connectivity index (χ4v) is 7.96. The summed E-state index contributed by atoms with van der Waals surface area (Å²) in [6.07, 6.45) is 27.9. The zero-order chi connectivity index (χ0) is 18.7. The fraction of sp³-hybridized carbons (Fsp3) is 1.00. The lowest BCUT2D eigenvalue weighted by molar-refractivity contribution is 0.155. The predicted octanol–water partition coefficient (Wildman–Crippen LogP) is 8.79. The molecule has 0 aromatic carbocycles. The molecule has 4 aliphatic carbocycles. The van der Waals surface area contributed by atoms with E-state index in [2.05, 4.69) is 13.8 Å². The highest BCUT2D eigenvalue weighted by atomic mass is 14.4. The summed E-state index contributed by atoms with van der Waals surface area (Å²) < 4.78 is 0. The molecule has 0 saturated heterocycles. The molecule has 4 rings (SSSR count). The minimum atomic E-state index is 0.590. The summed E-state index contributed by atoms with van der Waals surface area (Å²) in [4.78, 5) is 0. The van der Waals surface area contributed by atoms with Crippen LogP contribution in [0.2, 0.25) is 0 Å². The zero-order valence-corrected chi connectivity index (χ0v) is 18.7. The molecule has 4 atom stereocenters. The van der Waals surface area contributed by atoms with Gasteiger partial charge in [-0.25, -0.2) is 0 Å². The van der Waals surface area contributed by atoms with E-state index in [1.165, 1.54) is 38.5 Å². The van der Waals surface area contributed by atoms with E-state index in [-0.39, 0.29) is 0 Å². The molecule has 0 aliphatic heterocycles. The molecule has 0 heterocycles. The molecule has 4 unspecified atom stereocenters. The summed E-state index contributed by atoms with van der Waals surface area (Å²) >= 11 is 0. The first-order chi connectivity index (χ1) is 13.1. The van der Waals surface area contributed by atoms with E-state index in [1.54, 1.807) is 77.0 Å². The van der Waals surface area contributed by atoms with Gasteiger partial charge in [-0.15, -0.1) is 0 Å². The lowest BCUT2D eigenvalue weighted by Crippen LogP contribution is -2.25. The van der Waals surface area contributed by atoms with Gasteiger partial charge >= 0.3 is 0 Å². The standard InChI is InChI=1S/C27H48/c1-27(2,26-17-15-24-9-5-6-10-25(24)16-18-26)20-19-21-11-13-22-7-3-4-8-23(22)14-12-21/h21-26H,3-20H2,1-2H3. The van der Waals surface area contributed by atoms with Crippen LogP contribution in [0.4, 0.5) is 0 Å². The van der Waals surface area contributed by atoms with Gasteiger partial charge in [0.1, 0.15) is 0 Å². The highest BCUT2D eigenvalue weighted by molar-refractivity contribution is 4.87. The third-order valence-corrected chi connectivity index (χ3v) is 10.1. The molecule has 0 amide bonds. The zero-order valence-electron chi connectivity index (χ0n) is 18.7. The molecule has 4 fully saturated rings. The smallest absolute Gasteiger partial charge is 0.0326 e. The molecule has 0 N–H and O–H groups in total. The van der Waals surface area contributed by atoms with Crippen LogP contribution in [0.1, 0.15) is 129 Å². The second-order valence-corrected chi connectivity index (χ2v) is 12.0. The lowest BCUT2D eigenvalue weighted by atomic mass is 9.70. The molecule has 0 nitrogen and oxygen atoms in total. The maximum Gasteiger partial charge on any atom is -0.0326 e. The summed E-state index contributed by atoms with van der Waals surface area (Å²) in [7, 11) is 0. The fourth-order valence-electron chi connectivity index (χ4n) is 7.96. The van der Waals surface area contributed by atoms with E-state index in [0.29, 0.717) is 5.41 Å². The van der Waals surface area contributed by atoms with Crippen molar-refractivity contribution in [2.45, 2.75) is 129 Å². The Hall–Kier alpha value is 0. The SMILES string of the molecule is CC(C)(CCC1CCC2CCCCC2CC1)C1CCC2CCCCC2CC1. The van der Waals surface area contributed by atoms with Crippen LogP contribution in [-0.2, 0) is 0 Å². The molecular formula is C27H48. The average molecular weight is 373 g/mol. The van der Waals surface area contributed by atoms with Crippen LogP contribution < -0.4 is 0 Å². The third-order valence-electron chi connectivity index (χ3n) is 10.1. The lowest BCUT2D eigenvalue weighted by Gasteiger charge is -2.35. The van der Waals surface area contributed by atoms with Crippen LogP contribution in [0.3, 0.4) is 0 Å². The third kappa shape index (κ3) is 5.14. The van der Waals surface area contributed by atoms with Gasteiger partial charge in [0.15, 0.2) is 0 Å². The van der Waals surface area contributed by atoms with Crippen LogP contribution in [0.25, 0.3) is 0 Å². The maximum atomic E-state index is 2.64. The highest BCUT2D eigenvalue weighted by Gasteiger charge is 2.36. The normalized spacial score (nSPS) is 41.1. The van der Waals surface area contributed by atoms with E-state index < -0.39 is 0 Å². The molecule has 156 valence electrons. The van der Waals surface area contributed by atoms with Gasteiger partial charge in [-0.05, 0) is 92.3 Å². The molecule has 0 aromatic rings. The molecule has 4 aliphatic rings. The molecular weight excluding hydrogens is 324 g/mol. The number of fused-ring (bicyclic) bond motifs is 2. The maximum absolute atomic E-state index is 2.64. The van der Waals surface area contributed by atoms with Crippen molar-refractivity contribution in [2.24, 2.45) is 40.9 Å². The Morgan fingerprint density at radius 1 is 0.519 bits per heavy atom. The first-order valence-corrected chi connectivity index (χ1v) is 13.1. The van der Waals surface area contributed by atoms with Gasteiger partial charge in [-0.2, -0.15) is 0 Å². The first-order valence-electron chi connectivity index (χ1n) is 13.1. The van der Waals surface area contributed by atoms with Gasteiger partial charge in [-0.1, -0.05) is 78.1 Å². The minimum Gasteiger partial charge on any atom is -0.0596 e. The largest absolute Gasteiger partial charge is 0.0596 e. The van der Waals surface area contributed by atoms with Crippen molar-refractivity contribution < 1.29 is 0 Å². The second kappa shape index (κ2) is 9.21. The highest BCUT2D eigenvalue weighted by Crippen LogP contribution is 2.48. The Labute approximate surface area is 170 Å². The van der Waals surface area contributed by atoms with Gasteiger partial charge in [0.2, 0.25) is 0 Å². The molecule has 0 aromatic heterocycles. The Morgan fingerprint density at radius 2 is 0.926 bits per heavy atom. The predicted molar refractivity (Wildman–Crippen MR) is 118 cm³/mol. The van der Waals surface area contributed by atoms with E-state index in [1.807, 2.05) is 0 Å². The van der Waals surface area contributed by atoms with Gasteiger partial charge in [0.25, 0.3) is 0 Å². The van der Waals surface area contributed by atoms with Crippen LogP contribution in [0.15, 0.2) is 0 Å². The second-order valence-electron chi connectivity index (χ2n) is 12.0. The minimum absolute atomic E-state index is 0.590. The van der Waals surface area contributed by atoms with Gasteiger partial charge in [0, 0.05) is 0 Å². The van der Waals surface area contributed by atoms with E-state index in [4.69, 9.17) is 0 Å². The van der Waals surface area contributed by atoms with E-state index in [9.17, 15) is 0 Å². The first kappa shape index (κ1) is 20.3. The van der Waals surface area contributed by atoms with Gasteiger partial charge in [-0.3, -0.25) is 0 Å². The summed E-state index contributed by atoms with van der Waals surface area (Å²) in [6.45, 7) is 5.28. The van der Waals surface area contributed by atoms with Gasteiger partial charge in [0.05, 0.1) is 0 Å². The van der Waals surface area contributed by atoms with E-state index in [0.717, 1.165) is 35.5 Å². The van der Waals surface area contributed by atoms with Crippen LogP contribution in [-0.4, -0.2) is 0 Å². The van der Waals surface area contributed by atoms with Crippen molar-refractivity contribution in [1.82, 2.24) is 0 Å². The monoisotopic (exact) mass is 372 g/mol. The van der Waals surface area contributed by atoms with Crippen LogP contribution in [0, 0.1) is 40.9 Å².